The minimum Gasteiger partial charge on any atom is -0.497 e. The summed E-state index contributed by atoms with van der Waals surface area (Å²) in [5.41, 5.74) is 2.06. The second-order valence-electron chi connectivity index (χ2n) is 10.1. The number of nitrogens with zero attached hydrogens (tertiary/aromatic N) is 2. The van der Waals surface area contributed by atoms with Crippen LogP contribution in [-0.2, 0) is 6.54 Å². The number of carbonyl (C=O) groups is 2. The molecule has 1 aromatic heterocycles. The molecular weight excluding hydrogens is 523 g/mol. The van der Waals surface area contributed by atoms with Crippen LogP contribution in [-0.4, -0.2) is 41.5 Å². The fourth-order valence-electron chi connectivity index (χ4n) is 5.29. The lowest BCUT2D eigenvalue weighted by atomic mass is 10.0. The van der Waals surface area contributed by atoms with Gasteiger partial charge in [-0.1, -0.05) is 44.0 Å². The number of rotatable bonds is 12. The summed E-state index contributed by atoms with van der Waals surface area (Å²) in [6.45, 7) is 3.35. The van der Waals surface area contributed by atoms with Gasteiger partial charge in [0.05, 0.1) is 35.7 Å². The smallest absolute Gasteiger partial charge is 0.261 e. The Balaban J connectivity index is 1.34. The summed E-state index contributed by atoms with van der Waals surface area (Å²) in [4.78, 5) is 40.1. The molecule has 1 aliphatic heterocycles. The first-order valence-electron chi connectivity index (χ1n) is 14.0. The number of methoxy groups -OCH3 is 1. The third-order valence-electron chi connectivity index (χ3n) is 7.41. The van der Waals surface area contributed by atoms with Crippen molar-refractivity contribution in [2.24, 2.45) is 0 Å². The number of halogens is 1. The van der Waals surface area contributed by atoms with Gasteiger partial charge in [-0.2, -0.15) is 0 Å². The minimum absolute atomic E-state index is 0.0116. The Kier molecular flexibility index (Phi) is 8.47. The van der Waals surface area contributed by atoms with Crippen LogP contribution in [0.2, 0.25) is 0 Å². The number of aromatic nitrogens is 1. The van der Waals surface area contributed by atoms with E-state index < -0.39 is 5.82 Å². The van der Waals surface area contributed by atoms with Gasteiger partial charge in [0.25, 0.3) is 11.8 Å². The Morgan fingerprint density at radius 2 is 1.44 bits per heavy atom. The van der Waals surface area contributed by atoms with Crippen molar-refractivity contribution < 1.29 is 23.5 Å². The van der Waals surface area contributed by atoms with Gasteiger partial charge in [0.2, 0.25) is 0 Å². The number of ether oxygens (including phenoxy) is 2. The predicted octanol–water partition coefficient (Wildman–Crippen LogP) is 6.46. The van der Waals surface area contributed by atoms with Crippen molar-refractivity contribution in [2.45, 2.75) is 45.6 Å². The van der Waals surface area contributed by atoms with Crippen molar-refractivity contribution in [1.29, 1.82) is 0 Å². The lowest BCUT2D eigenvalue weighted by Crippen LogP contribution is -2.30. The maximum absolute atomic E-state index is 15.2. The first kappa shape index (κ1) is 28.1. The van der Waals surface area contributed by atoms with Crippen LogP contribution in [0.1, 0.15) is 59.7 Å². The number of unbranched alkanes of at least 4 members (excludes halogenated alkanes) is 3. The summed E-state index contributed by atoms with van der Waals surface area (Å²) >= 11 is 0. The van der Waals surface area contributed by atoms with E-state index >= 15 is 4.39 Å². The van der Waals surface area contributed by atoms with Gasteiger partial charge < -0.3 is 14.0 Å². The number of fused-ring (bicyclic) bond motifs is 2. The van der Waals surface area contributed by atoms with E-state index in [2.05, 4.69) is 0 Å². The van der Waals surface area contributed by atoms with E-state index in [9.17, 15) is 14.4 Å². The second kappa shape index (κ2) is 12.4. The summed E-state index contributed by atoms with van der Waals surface area (Å²) < 4.78 is 28.3. The highest BCUT2D eigenvalue weighted by Gasteiger charge is 2.34. The molecule has 212 valence electrons. The van der Waals surface area contributed by atoms with Gasteiger partial charge in [-0.15, -0.1) is 0 Å². The van der Waals surface area contributed by atoms with E-state index in [1.54, 1.807) is 67.9 Å². The van der Waals surface area contributed by atoms with E-state index in [-0.39, 0.29) is 22.6 Å². The minimum atomic E-state index is -0.584. The Labute approximate surface area is 238 Å². The quantitative estimate of drug-likeness (QED) is 0.148. The van der Waals surface area contributed by atoms with E-state index in [0.717, 1.165) is 25.7 Å². The van der Waals surface area contributed by atoms with E-state index in [0.29, 0.717) is 65.4 Å². The van der Waals surface area contributed by atoms with Gasteiger partial charge in [0.15, 0.2) is 5.43 Å². The van der Waals surface area contributed by atoms with Crippen molar-refractivity contribution >= 4 is 22.7 Å². The lowest BCUT2D eigenvalue weighted by molar-refractivity contribution is 0.0651. The van der Waals surface area contributed by atoms with Gasteiger partial charge in [-0.3, -0.25) is 19.3 Å². The first-order valence-corrected chi connectivity index (χ1v) is 14.0. The van der Waals surface area contributed by atoms with Crippen LogP contribution in [0.25, 0.3) is 22.0 Å². The van der Waals surface area contributed by atoms with Gasteiger partial charge in [0, 0.05) is 24.8 Å². The van der Waals surface area contributed by atoms with Crippen LogP contribution in [0.15, 0.2) is 71.7 Å². The van der Waals surface area contributed by atoms with Crippen LogP contribution < -0.4 is 14.9 Å². The molecule has 0 aliphatic carbocycles. The lowest BCUT2D eigenvalue weighted by Gasteiger charge is -2.18. The summed E-state index contributed by atoms with van der Waals surface area (Å²) in [7, 11) is 1.57. The molecule has 3 aromatic carbocycles. The van der Waals surface area contributed by atoms with Crippen LogP contribution in [0.5, 0.6) is 11.5 Å². The highest BCUT2D eigenvalue weighted by atomic mass is 19.1. The highest BCUT2D eigenvalue weighted by Crippen LogP contribution is 2.30. The largest absolute Gasteiger partial charge is 0.497 e. The molecule has 0 radical (unpaired) electrons. The Morgan fingerprint density at radius 1 is 0.780 bits per heavy atom. The van der Waals surface area contributed by atoms with Crippen LogP contribution >= 0.6 is 0 Å². The summed E-state index contributed by atoms with van der Waals surface area (Å²) in [6, 6.07) is 16.9. The van der Waals surface area contributed by atoms with Gasteiger partial charge in [0.1, 0.15) is 17.3 Å². The van der Waals surface area contributed by atoms with Crippen molar-refractivity contribution in [2.75, 3.05) is 20.3 Å². The molecule has 41 heavy (non-hydrogen) atoms. The number of benzene rings is 3. The number of hydrogen-bond donors (Lipinski definition) is 0. The van der Waals surface area contributed by atoms with Crippen LogP contribution in [0, 0.1) is 5.82 Å². The Bertz CT molecular complexity index is 1610. The molecule has 2 heterocycles. The number of hydrogen-bond acceptors (Lipinski definition) is 5. The molecule has 0 saturated carbocycles. The molecule has 0 N–H and O–H groups in total. The zero-order valence-electron chi connectivity index (χ0n) is 23.3. The van der Waals surface area contributed by atoms with E-state index in [1.165, 1.54) is 11.0 Å². The molecule has 1 aliphatic rings. The number of amides is 2. The van der Waals surface area contributed by atoms with Gasteiger partial charge in [-0.25, -0.2) is 4.39 Å². The molecule has 0 bridgehead atoms. The third-order valence-corrected chi connectivity index (χ3v) is 7.41. The third kappa shape index (κ3) is 5.59. The monoisotopic (exact) mass is 556 g/mol. The SMILES string of the molecule is CCCOc1ccc(F)c2c(=O)c(-c3ccc(OC)cc3)cn(CCCCCCN3C(=O)c4ccccc4C3=O)c12. The molecule has 0 spiro atoms. The standard InChI is InChI=1S/C33H33FN2O5/c1-3-20-41-28-17-16-27(34)29-30(28)35(21-26(31(29)37)22-12-14-23(40-2)15-13-22)18-8-4-5-9-19-36-32(38)24-10-6-7-11-25(24)33(36)39/h6-7,10-17,21H,3-5,8-9,18-20H2,1-2H3. The highest BCUT2D eigenvalue weighted by molar-refractivity contribution is 6.21. The molecule has 5 rings (SSSR count). The topological polar surface area (TPSA) is 77.8 Å². The van der Waals surface area contributed by atoms with Gasteiger partial charge >= 0.3 is 0 Å². The number of carbonyl (C=O) groups excluding carboxylic acids is 2. The zero-order chi connectivity index (χ0) is 28.9. The average molecular weight is 557 g/mol. The molecule has 0 fully saturated rings. The molecule has 8 heteroatoms. The maximum atomic E-state index is 15.2. The van der Waals surface area contributed by atoms with Crippen LogP contribution in [0.4, 0.5) is 4.39 Å². The van der Waals surface area contributed by atoms with Crippen molar-refractivity contribution in [3.8, 4) is 22.6 Å². The normalized spacial score (nSPS) is 12.7. The Morgan fingerprint density at radius 3 is 2.07 bits per heavy atom. The van der Waals surface area contributed by atoms with Crippen molar-refractivity contribution in [1.82, 2.24) is 9.47 Å². The number of pyridine rings is 1. The van der Waals surface area contributed by atoms with E-state index in [4.69, 9.17) is 9.47 Å². The summed E-state index contributed by atoms with van der Waals surface area (Å²) in [5.74, 6) is 0.0831. The number of imide groups is 1. The van der Waals surface area contributed by atoms with Gasteiger partial charge in [-0.05, 0) is 61.2 Å². The van der Waals surface area contributed by atoms with Crippen LogP contribution in [0.3, 0.4) is 0 Å². The first-order chi connectivity index (χ1) is 19.9. The fraction of sp³-hybridized carbons (Fsp3) is 0.303. The molecule has 0 saturated heterocycles. The van der Waals surface area contributed by atoms with Crippen molar-refractivity contribution in [3.05, 3.63) is 94.0 Å². The van der Waals surface area contributed by atoms with Crippen molar-refractivity contribution in [3.63, 3.8) is 0 Å². The molecule has 7 nitrogen and oxygen atoms in total. The molecule has 0 unspecified atom stereocenters. The molecular formula is C33H33FN2O5. The maximum Gasteiger partial charge on any atom is 0.261 e. The fourth-order valence-corrected chi connectivity index (χ4v) is 5.29. The predicted molar refractivity (Wildman–Crippen MR) is 156 cm³/mol. The second-order valence-corrected chi connectivity index (χ2v) is 10.1. The van der Waals surface area contributed by atoms with E-state index in [1.807, 2.05) is 11.5 Å². The number of aryl methyl sites for hydroxylation is 1. The Hall–Kier alpha value is -4.46. The average Bonchev–Trinajstić information content (AvgIpc) is 3.24. The summed E-state index contributed by atoms with van der Waals surface area (Å²) in [6.07, 6.45) is 5.64. The zero-order valence-corrected chi connectivity index (χ0v) is 23.3. The molecule has 0 atom stereocenters. The summed E-state index contributed by atoms with van der Waals surface area (Å²) in [5, 5.41) is 0.0116. The molecule has 2 amide bonds. The molecule has 4 aromatic rings.